The molecule has 0 saturated carbocycles. The number of carbonyl (C=O) groups excluding carboxylic acids is 1. The minimum absolute atomic E-state index is 0.00803. The fourth-order valence-electron chi connectivity index (χ4n) is 4.09. The third kappa shape index (κ3) is 5.28. The molecule has 0 aliphatic carbocycles. The number of ether oxygens (including phenoxy) is 2. The van der Waals surface area contributed by atoms with Crippen LogP contribution in [0.3, 0.4) is 0 Å². The van der Waals surface area contributed by atoms with Crippen molar-refractivity contribution >= 4 is 11.7 Å². The summed E-state index contributed by atoms with van der Waals surface area (Å²) >= 11 is 0. The fraction of sp³-hybridized carbons (Fsp3) is 0.333. The van der Waals surface area contributed by atoms with Crippen LogP contribution in [0.25, 0.3) is 11.1 Å². The maximum absolute atomic E-state index is 12.0. The molecule has 4 rings (SSSR count). The molecule has 1 aliphatic heterocycles. The summed E-state index contributed by atoms with van der Waals surface area (Å²) in [6, 6.07) is 22.7. The van der Waals surface area contributed by atoms with E-state index in [-0.39, 0.29) is 11.9 Å². The van der Waals surface area contributed by atoms with Crippen molar-refractivity contribution in [3.8, 4) is 17.0 Å². The number of nitrogens with zero attached hydrogens (tertiary/aromatic N) is 2. The second-order valence-electron chi connectivity index (χ2n) is 8.14. The van der Waals surface area contributed by atoms with E-state index in [0.29, 0.717) is 19.1 Å². The average molecular weight is 431 g/mol. The number of esters is 1. The number of aromatic nitrogens is 1. The van der Waals surface area contributed by atoms with Crippen LogP contribution in [0.4, 0.5) is 5.69 Å². The van der Waals surface area contributed by atoms with Crippen LogP contribution in [0.1, 0.15) is 31.0 Å². The Morgan fingerprint density at radius 1 is 1.03 bits per heavy atom. The number of carbonyl (C=O) groups is 1. The van der Waals surface area contributed by atoms with Gasteiger partial charge in [-0.15, -0.1) is 0 Å². The summed E-state index contributed by atoms with van der Waals surface area (Å²) in [4.78, 5) is 19.1. The predicted octanol–water partition coefficient (Wildman–Crippen LogP) is 5.42. The van der Waals surface area contributed by atoms with Gasteiger partial charge in [0, 0.05) is 30.0 Å². The average Bonchev–Trinajstić information content (AvgIpc) is 2.84. The van der Waals surface area contributed by atoms with Crippen molar-refractivity contribution in [2.24, 2.45) is 5.92 Å². The lowest BCUT2D eigenvalue weighted by Gasteiger charge is -2.32. The molecular weight excluding hydrogens is 400 g/mol. The molecule has 0 radical (unpaired) electrons. The maximum atomic E-state index is 12.0. The van der Waals surface area contributed by atoms with Crippen molar-refractivity contribution in [2.45, 2.75) is 33.3 Å². The lowest BCUT2D eigenvalue weighted by Crippen LogP contribution is -2.36. The quantitative estimate of drug-likeness (QED) is 0.469. The largest absolute Gasteiger partial charge is 0.472 e. The number of anilines is 1. The zero-order chi connectivity index (χ0) is 22.3. The Morgan fingerprint density at radius 2 is 1.81 bits per heavy atom. The molecule has 2 aromatic carbocycles. The summed E-state index contributed by atoms with van der Waals surface area (Å²) in [5, 5.41) is 0. The van der Waals surface area contributed by atoms with Crippen molar-refractivity contribution in [2.75, 3.05) is 24.6 Å². The molecule has 0 bridgehead atoms. The first-order chi connectivity index (χ1) is 15.6. The highest BCUT2D eigenvalue weighted by molar-refractivity contribution is 5.74. The summed E-state index contributed by atoms with van der Waals surface area (Å²) in [7, 11) is 0. The van der Waals surface area contributed by atoms with Crippen LogP contribution in [-0.2, 0) is 16.1 Å². The van der Waals surface area contributed by atoms with Gasteiger partial charge in [-0.1, -0.05) is 42.5 Å². The van der Waals surface area contributed by atoms with E-state index in [1.165, 1.54) is 0 Å². The number of rotatable bonds is 7. The van der Waals surface area contributed by atoms with E-state index in [1.54, 1.807) is 0 Å². The zero-order valence-electron chi connectivity index (χ0n) is 18.8. The highest BCUT2D eigenvalue weighted by atomic mass is 16.5. The molecule has 0 atom stereocenters. The van der Waals surface area contributed by atoms with Gasteiger partial charge in [-0.25, -0.2) is 4.98 Å². The van der Waals surface area contributed by atoms with Crippen LogP contribution >= 0.6 is 0 Å². The van der Waals surface area contributed by atoms with Gasteiger partial charge in [-0.2, -0.15) is 0 Å². The summed E-state index contributed by atoms with van der Waals surface area (Å²) in [6.45, 7) is 6.44. The van der Waals surface area contributed by atoms with E-state index in [2.05, 4.69) is 52.3 Å². The molecule has 1 saturated heterocycles. The Kier molecular flexibility index (Phi) is 7.05. The van der Waals surface area contributed by atoms with Gasteiger partial charge in [-0.05, 0) is 62.1 Å². The highest BCUT2D eigenvalue weighted by Crippen LogP contribution is 2.33. The van der Waals surface area contributed by atoms with Crippen LogP contribution in [0.15, 0.2) is 66.7 Å². The number of pyridine rings is 1. The van der Waals surface area contributed by atoms with Gasteiger partial charge < -0.3 is 14.4 Å². The molecule has 3 aromatic rings. The third-order valence-electron chi connectivity index (χ3n) is 5.86. The van der Waals surface area contributed by atoms with Crippen molar-refractivity contribution < 1.29 is 14.3 Å². The molecule has 0 N–H and O–H groups in total. The minimum Gasteiger partial charge on any atom is -0.472 e. The lowest BCUT2D eigenvalue weighted by atomic mass is 9.96. The van der Waals surface area contributed by atoms with E-state index in [9.17, 15) is 4.79 Å². The molecule has 0 spiro atoms. The minimum atomic E-state index is -0.0631. The standard InChI is InChI=1S/C27H30N2O3/c1-3-31-27(30)22-14-16-29(17-15-22)24-11-7-10-23(18-24)25-13-12-20(2)28-26(25)32-19-21-8-5-4-6-9-21/h4-13,18,22H,3,14-17,19H2,1-2H3. The van der Waals surface area contributed by atoms with Crippen molar-refractivity contribution in [1.29, 1.82) is 0 Å². The van der Waals surface area contributed by atoms with Crippen molar-refractivity contribution in [3.05, 3.63) is 78.0 Å². The number of piperidine rings is 1. The van der Waals surface area contributed by atoms with Gasteiger partial charge in [0.2, 0.25) is 5.88 Å². The molecule has 0 unspecified atom stereocenters. The summed E-state index contributed by atoms with van der Waals surface area (Å²) < 4.78 is 11.3. The Morgan fingerprint density at radius 3 is 2.56 bits per heavy atom. The third-order valence-corrected chi connectivity index (χ3v) is 5.86. The van der Waals surface area contributed by atoms with E-state index < -0.39 is 0 Å². The van der Waals surface area contributed by atoms with Gasteiger partial charge in [0.1, 0.15) is 6.61 Å². The van der Waals surface area contributed by atoms with Crippen LogP contribution in [0, 0.1) is 12.8 Å². The molecule has 1 aromatic heterocycles. The number of hydrogen-bond donors (Lipinski definition) is 0. The lowest BCUT2D eigenvalue weighted by molar-refractivity contribution is -0.148. The summed E-state index contributed by atoms with van der Waals surface area (Å²) in [5.74, 6) is 0.590. The topological polar surface area (TPSA) is 51.7 Å². The van der Waals surface area contributed by atoms with Crippen LogP contribution in [0.5, 0.6) is 5.88 Å². The van der Waals surface area contributed by atoms with Gasteiger partial charge in [-0.3, -0.25) is 4.79 Å². The van der Waals surface area contributed by atoms with E-state index in [1.807, 2.05) is 38.1 Å². The first-order valence-electron chi connectivity index (χ1n) is 11.3. The van der Waals surface area contributed by atoms with E-state index in [0.717, 1.165) is 54.0 Å². The molecular formula is C27H30N2O3. The van der Waals surface area contributed by atoms with Crippen LogP contribution in [-0.4, -0.2) is 30.6 Å². The fourth-order valence-corrected chi connectivity index (χ4v) is 4.09. The summed E-state index contributed by atoms with van der Waals surface area (Å²) in [5.41, 5.74) is 5.24. The molecule has 1 aliphatic rings. The molecule has 1 fully saturated rings. The second kappa shape index (κ2) is 10.3. The van der Waals surface area contributed by atoms with Gasteiger partial charge in [0.05, 0.1) is 12.5 Å². The smallest absolute Gasteiger partial charge is 0.309 e. The second-order valence-corrected chi connectivity index (χ2v) is 8.14. The van der Waals surface area contributed by atoms with E-state index in [4.69, 9.17) is 9.47 Å². The molecule has 166 valence electrons. The van der Waals surface area contributed by atoms with Gasteiger partial charge in [0.15, 0.2) is 0 Å². The maximum Gasteiger partial charge on any atom is 0.309 e. The van der Waals surface area contributed by atoms with Gasteiger partial charge in [0.25, 0.3) is 0 Å². The number of hydrogen-bond acceptors (Lipinski definition) is 5. The monoisotopic (exact) mass is 430 g/mol. The Hall–Kier alpha value is -3.34. The molecule has 32 heavy (non-hydrogen) atoms. The highest BCUT2D eigenvalue weighted by Gasteiger charge is 2.26. The Bertz CT molecular complexity index is 1040. The van der Waals surface area contributed by atoms with Crippen LogP contribution < -0.4 is 9.64 Å². The normalized spacial score (nSPS) is 14.2. The Labute approximate surface area is 190 Å². The number of aryl methyl sites for hydroxylation is 1. The van der Waals surface area contributed by atoms with E-state index >= 15 is 0 Å². The first kappa shape index (κ1) is 21.9. The van der Waals surface area contributed by atoms with Gasteiger partial charge >= 0.3 is 5.97 Å². The first-order valence-corrected chi connectivity index (χ1v) is 11.3. The molecule has 0 amide bonds. The molecule has 5 heteroatoms. The number of benzene rings is 2. The van der Waals surface area contributed by atoms with Crippen molar-refractivity contribution in [1.82, 2.24) is 4.98 Å². The zero-order valence-corrected chi connectivity index (χ0v) is 18.8. The Balaban J connectivity index is 1.50. The SMILES string of the molecule is CCOC(=O)C1CCN(c2cccc(-c3ccc(C)nc3OCc3ccccc3)c2)CC1. The van der Waals surface area contributed by atoms with Crippen LogP contribution in [0.2, 0.25) is 0 Å². The predicted molar refractivity (Wildman–Crippen MR) is 127 cm³/mol. The molecule has 2 heterocycles. The van der Waals surface area contributed by atoms with Crippen molar-refractivity contribution in [3.63, 3.8) is 0 Å². The molecule has 5 nitrogen and oxygen atoms in total. The summed E-state index contributed by atoms with van der Waals surface area (Å²) in [6.07, 6.45) is 1.64.